The maximum atomic E-state index is 9.80. The molecule has 0 spiro atoms. The number of hydrogen-bond donors (Lipinski definition) is 2. The molecule has 6 heteroatoms. The highest BCUT2D eigenvalue weighted by Crippen LogP contribution is 2.28. The van der Waals surface area contributed by atoms with Crippen LogP contribution in [0.1, 0.15) is 29.6 Å². The Bertz CT molecular complexity index is 632. The minimum absolute atomic E-state index is 0.211. The number of pyridine rings is 1. The maximum Gasteiger partial charge on any atom is 0.321 e. The molecule has 0 aromatic carbocycles. The molecular formula is C13H16N4O2. The van der Waals surface area contributed by atoms with Crippen LogP contribution >= 0.6 is 0 Å². The van der Waals surface area contributed by atoms with Gasteiger partial charge in [0.1, 0.15) is 11.6 Å². The standard InChI is InChI=1S/C13H16N4O2/c1-5-6-10-16-17-13(19-10)15-12-8(3)7(2)11(18)9(4)14-12/h5-6,18H,1-4H3,(H,14,15,17)/b6-5+. The number of nitrogens with one attached hydrogen (secondary N) is 1. The number of anilines is 2. The predicted octanol–water partition coefficient (Wildman–Crippen LogP) is 2.87. The molecule has 0 unspecified atom stereocenters. The van der Waals surface area contributed by atoms with E-state index >= 15 is 0 Å². The first-order chi connectivity index (χ1) is 9.02. The van der Waals surface area contributed by atoms with Gasteiger partial charge in [-0.2, -0.15) is 0 Å². The highest BCUT2D eigenvalue weighted by Gasteiger charge is 2.13. The first kappa shape index (κ1) is 13.1. The molecular weight excluding hydrogens is 244 g/mol. The van der Waals surface area contributed by atoms with Crippen LogP contribution < -0.4 is 5.32 Å². The summed E-state index contributed by atoms with van der Waals surface area (Å²) in [5.74, 6) is 1.24. The van der Waals surface area contributed by atoms with Crippen LogP contribution in [0, 0.1) is 20.8 Å². The molecule has 0 amide bonds. The average molecular weight is 260 g/mol. The normalized spacial score (nSPS) is 11.2. The van der Waals surface area contributed by atoms with Crippen LogP contribution in [-0.2, 0) is 0 Å². The molecule has 0 aliphatic heterocycles. The van der Waals surface area contributed by atoms with Gasteiger partial charge in [-0.25, -0.2) is 4.98 Å². The first-order valence-electron chi connectivity index (χ1n) is 5.93. The second kappa shape index (κ2) is 5.09. The van der Waals surface area contributed by atoms with E-state index in [9.17, 15) is 5.11 Å². The Morgan fingerprint density at radius 3 is 2.58 bits per heavy atom. The molecule has 2 N–H and O–H groups in total. The molecule has 6 nitrogen and oxygen atoms in total. The van der Waals surface area contributed by atoms with E-state index in [2.05, 4.69) is 20.5 Å². The number of nitrogens with zero attached hydrogens (tertiary/aromatic N) is 3. The molecule has 100 valence electrons. The van der Waals surface area contributed by atoms with Gasteiger partial charge in [-0.05, 0) is 44.9 Å². The summed E-state index contributed by atoms with van der Waals surface area (Å²) in [7, 11) is 0. The van der Waals surface area contributed by atoms with Crippen LogP contribution in [0.5, 0.6) is 5.75 Å². The SMILES string of the molecule is C/C=C/c1nnc(Nc2nc(C)c(O)c(C)c2C)o1. The lowest BCUT2D eigenvalue weighted by Crippen LogP contribution is -2.01. The number of hydrogen-bond acceptors (Lipinski definition) is 6. The van der Waals surface area contributed by atoms with Crippen LogP contribution in [-0.4, -0.2) is 20.3 Å². The number of aromatic hydroxyl groups is 1. The molecule has 2 heterocycles. The van der Waals surface area contributed by atoms with Gasteiger partial charge in [0.05, 0.1) is 5.69 Å². The Morgan fingerprint density at radius 1 is 1.16 bits per heavy atom. The molecule has 0 fully saturated rings. The number of aromatic nitrogens is 3. The van der Waals surface area contributed by atoms with Crippen molar-refractivity contribution in [2.75, 3.05) is 5.32 Å². The van der Waals surface area contributed by atoms with E-state index in [0.717, 1.165) is 11.1 Å². The van der Waals surface area contributed by atoms with Crippen molar-refractivity contribution >= 4 is 17.9 Å². The molecule has 0 bridgehead atoms. The zero-order valence-electron chi connectivity index (χ0n) is 11.4. The van der Waals surface area contributed by atoms with Crippen molar-refractivity contribution in [3.8, 4) is 5.75 Å². The van der Waals surface area contributed by atoms with Gasteiger partial charge in [0.2, 0.25) is 5.89 Å². The highest BCUT2D eigenvalue weighted by molar-refractivity contribution is 5.58. The van der Waals surface area contributed by atoms with Crippen molar-refractivity contribution in [2.45, 2.75) is 27.7 Å². The molecule has 19 heavy (non-hydrogen) atoms. The Hall–Kier alpha value is -2.37. The molecule has 0 aliphatic carbocycles. The second-order valence-electron chi connectivity index (χ2n) is 4.21. The van der Waals surface area contributed by atoms with Crippen molar-refractivity contribution < 1.29 is 9.52 Å². The fourth-order valence-electron chi connectivity index (χ4n) is 1.65. The summed E-state index contributed by atoms with van der Waals surface area (Å²) in [5.41, 5.74) is 2.18. The summed E-state index contributed by atoms with van der Waals surface area (Å²) in [6, 6.07) is 0.271. The lowest BCUT2D eigenvalue weighted by atomic mass is 10.1. The highest BCUT2D eigenvalue weighted by atomic mass is 16.4. The van der Waals surface area contributed by atoms with Gasteiger partial charge in [0, 0.05) is 0 Å². The van der Waals surface area contributed by atoms with E-state index in [-0.39, 0.29) is 11.8 Å². The predicted molar refractivity (Wildman–Crippen MR) is 72.4 cm³/mol. The minimum Gasteiger partial charge on any atom is -0.506 e. The summed E-state index contributed by atoms with van der Waals surface area (Å²) in [6.45, 7) is 7.32. The zero-order chi connectivity index (χ0) is 14.0. The number of allylic oxidation sites excluding steroid dienone is 1. The first-order valence-corrected chi connectivity index (χ1v) is 5.93. The number of aryl methyl sites for hydroxylation is 1. The van der Waals surface area contributed by atoms with Crippen molar-refractivity contribution in [1.29, 1.82) is 0 Å². The van der Waals surface area contributed by atoms with Gasteiger partial charge < -0.3 is 9.52 Å². The third-order valence-corrected chi connectivity index (χ3v) is 2.87. The molecule has 2 aromatic rings. The molecule has 0 aliphatic rings. The molecule has 0 radical (unpaired) electrons. The summed E-state index contributed by atoms with van der Waals surface area (Å²) >= 11 is 0. The lowest BCUT2D eigenvalue weighted by molar-refractivity contribution is 0.463. The van der Waals surface area contributed by atoms with Gasteiger partial charge in [0.15, 0.2) is 0 Å². The Kier molecular flexibility index (Phi) is 3.50. The Morgan fingerprint density at radius 2 is 1.89 bits per heavy atom. The van der Waals surface area contributed by atoms with E-state index in [0.29, 0.717) is 17.4 Å². The lowest BCUT2D eigenvalue weighted by Gasteiger charge is -2.11. The van der Waals surface area contributed by atoms with Gasteiger partial charge in [-0.1, -0.05) is 11.2 Å². The molecule has 0 saturated heterocycles. The van der Waals surface area contributed by atoms with Crippen molar-refractivity contribution in [1.82, 2.24) is 15.2 Å². The quantitative estimate of drug-likeness (QED) is 0.882. The van der Waals surface area contributed by atoms with E-state index in [1.165, 1.54) is 0 Å². The Balaban J connectivity index is 2.32. The summed E-state index contributed by atoms with van der Waals surface area (Å²) in [4.78, 5) is 4.28. The minimum atomic E-state index is 0.211. The van der Waals surface area contributed by atoms with E-state index in [4.69, 9.17) is 4.42 Å². The molecule has 0 saturated carbocycles. The van der Waals surface area contributed by atoms with Crippen LogP contribution in [0.15, 0.2) is 10.5 Å². The van der Waals surface area contributed by atoms with Gasteiger partial charge in [-0.15, -0.1) is 5.10 Å². The third kappa shape index (κ3) is 2.57. The van der Waals surface area contributed by atoms with Crippen LogP contribution in [0.2, 0.25) is 0 Å². The van der Waals surface area contributed by atoms with Crippen molar-refractivity contribution in [2.24, 2.45) is 0 Å². The Labute approximate surface area is 111 Å². The largest absolute Gasteiger partial charge is 0.506 e. The zero-order valence-corrected chi connectivity index (χ0v) is 11.4. The van der Waals surface area contributed by atoms with Crippen molar-refractivity contribution in [3.05, 3.63) is 28.8 Å². The van der Waals surface area contributed by atoms with E-state index in [1.807, 2.05) is 26.8 Å². The summed E-state index contributed by atoms with van der Waals surface area (Å²) < 4.78 is 5.37. The van der Waals surface area contributed by atoms with Crippen LogP contribution in [0.4, 0.5) is 11.8 Å². The molecule has 2 aromatic heterocycles. The topological polar surface area (TPSA) is 84.1 Å². The van der Waals surface area contributed by atoms with Gasteiger partial charge >= 0.3 is 6.01 Å². The fourth-order valence-corrected chi connectivity index (χ4v) is 1.65. The van der Waals surface area contributed by atoms with E-state index in [1.54, 1.807) is 13.0 Å². The van der Waals surface area contributed by atoms with Crippen LogP contribution in [0.25, 0.3) is 6.08 Å². The summed E-state index contributed by atoms with van der Waals surface area (Å²) in [6.07, 6.45) is 3.53. The van der Waals surface area contributed by atoms with Gasteiger partial charge in [0.25, 0.3) is 0 Å². The maximum absolute atomic E-state index is 9.80. The molecule has 2 rings (SSSR count). The second-order valence-corrected chi connectivity index (χ2v) is 4.21. The fraction of sp³-hybridized carbons (Fsp3) is 0.308. The monoisotopic (exact) mass is 260 g/mol. The number of rotatable bonds is 3. The van der Waals surface area contributed by atoms with Crippen molar-refractivity contribution in [3.63, 3.8) is 0 Å². The van der Waals surface area contributed by atoms with Crippen LogP contribution in [0.3, 0.4) is 0 Å². The average Bonchev–Trinajstić information content (AvgIpc) is 2.81. The molecule has 0 atom stereocenters. The third-order valence-electron chi connectivity index (χ3n) is 2.87. The van der Waals surface area contributed by atoms with E-state index < -0.39 is 0 Å². The summed E-state index contributed by atoms with van der Waals surface area (Å²) in [5, 5.41) is 20.5. The van der Waals surface area contributed by atoms with Gasteiger partial charge in [-0.3, -0.25) is 5.32 Å². The smallest absolute Gasteiger partial charge is 0.321 e.